The van der Waals surface area contributed by atoms with Crippen LogP contribution in [0.4, 0.5) is 0 Å². The van der Waals surface area contributed by atoms with Gasteiger partial charge in [-0.15, -0.1) is 11.3 Å². The van der Waals surface area contributed by atoms with Gasteiger partial charge >= 0.3 is 0 Å². The third-order valence-corrected chi connectivity index (χ3v) is 5.25. The van der Waals surface area contributed by atoms with Crippen LogP contribution < -0.4 is 10.6 Å². The van der Waals surface area contributed by atoms with Gasteiger partial charge in [-0.1, -0.05) is 6.92 Å². The van der Waals surface area contributed by atoms with E-state index >= 15 is 0 Å². The Morgan fingerprint density at radius 3 is 3.25 bits per heavy atom. The third-order valence-electron chi connectivity index (χ3n) is 4.25. The van der Waals surface area contributed by atoms with E-state index < -0.39 is 0 Å². The molecule has 0 radical (unpaired) electrons. The van der Waals surface area contributed by atoms with E-state index in [0.717, 1.165) is 25.8 Å². The van der Waals surface area contributed by atoms with E-state index in [4.69, 9.17) is 4.74 Å². The van der Waals surface area contributed by atoms with Crippen molar-refractivity contribution in [3.8, 4) is 0 Å². The molecule has 0 aromatic carbocycles. The molecule has 1 aromatic rings. The number of fused-ring (bicyclic) bond motifs is 1. The minimum Gasteiger partial charge on any atom is -0.379 e. The van der Waals surface area contributed by atoms with Crippen molar-refractivity contribution in [2.45, 2.75) is 38.3 Å². The molecule has 1 amide bonds. The van der Waals surface area contributed by atoms with E-state index in [1.807, 2.05) is 11.3 Å². The second-order valence-electron chi connectivity index (χ2n) is 5.56. The topological polar surface area (TPSA) is 50.4 Å². The fraction of sp³-hybridized carbons (Fsp3) is 0.667. The van der Waals surface area contributed by atoms with Gasteiger partial charge in [0.2, 0.25) is 5.91 Å². The summed E-state index contributed by atoms with van der Waals surface area (Å²) in [6, 6.07) is 2.52. The quantitative estimate of drug-likeness (QED) is 0.891. The summed E-state index contributed by atoms with van der Waals surface area (Å²) in [4.78, 5) is 13.9. The number of likely N-dealkylation sites (N-methyl/N-ethyl adjacent to an activating group) is 1. The van der Waals surface area contributed by atoms with Crippen molar-refractivity contribution in [3.63, 3.8) is 0 Å². The van der Waals surface area contributed by atoms with Crippen molar-refractivity contribution in [2.24, 2.45) is 5.92 Å². The van der Waals surface area contributed by atoms with Crippen molar-refractivity contribution >= 4 is 17.2 Å². The van der Waals surface area contributed by atoms with Crippen LogP contribution in [-0.2, 0) is 16.0 Å². The van der Waals surface area contributed by atoms with E-state index in [1.165, 1.54) is 10.4 Å². The first-order valence-corrected chi connectivity index (χ1v) is 8.35. The number of thiophene rings is 1. The van der Waals surface area contributed by atoms with Crippen molar-refractivity contribution in [1.82, 2.24) is 10.6 Å². The van der Waals surface area contributed by atoms with Crippen molar-refractivity contribution < 1.29 is 9.53 Å². The first-order valence-electron chi connectivity index (χ1n) is 7.47. The number of aryl methyl sites for hydroxylation is 1. The Balaban J connectivity index is 1.65. The van der Waals surface area contributed by atoms with E-state index in [-0.39, 0.29) is 23.9 Å². The van der Waals surface area contributed by atoms with E-state index in [2.05, 4.69) is 29.0 Å². The highest BCUT2D eigenvalue weighted by molar-refractivity contribution is 7.10. The Hall–Kier alpha value is -0.910. The molecule has 1 aliphatic carbocycles. The Morgan fingerprint density at radius 1 is 1.50 bits per heavy atom. The molecule has 5 heteroatoms. The first-order chi connectivity index (χ1) is 9.79. The molecule has 2 aliphatic rings. The van der Waals surface area contributed by atoms with Crippen LogP contribution in [0.25, 0.3) is 0 Å². The van der Waals surface area contributed by atoms with Gasteiger partial charge in [0, 0.05) is 10.9 Å². The number of amides is 1. The molecule has 0 spiro atoms. The highest BCUT2D eigenvalue weighted by Crippen LogP contribution is 2.33. The van der Waals surface area contributed by atoms with E-state index in [0.29, 0.717) is 13.2 Å². The monoisotopic (exact) mass is 294 g/mol. The Labute approximate surface area is 123 Å². The number of nitrogens with one attached hydrogen (secondary N) is 2. The lowest BCUT2D eigenvalue weighted by molar-refractivity contribution is -0.126. The van der Waals surface area contributed by atoms with Crippen LogP contribution in [0, 0.1) is 5.92 Å². The molecule has 3 unspecified atom stereocenters. The molecule has 1 saturated heterocycles. The summed E-state index contributed by atoms with van der Waals surface area (Å²) in [5.41, 5.74) is 1.33. The number of rotatable bonds is 4. The van der Waals surface area contributed by atoms with Crippen LogP contribution in [0.5, 0.6) is 0 Å². The van der Waals surface area contributed by atoms with Crippen LogP contribution in [-0.4, -0.2) is 31.7 Å². The first kappa shape index (κ1) is 14.0. The maximum Gasteiger partial charge on any atom is 0.227 e. The predicted molar refractivity (Wildman–Crippen MR) is 79.9 cm³/mol. The lowest BCUT2D eigenvalue weighted by atomic mass is 9.93. The molecule has 1 fully saturated rings. The summed E-state index contributed by atoms with van der Waals surface area (Å²) in [6.45, 7) is 4.11. The average molecular weight is 294 g/mol. The second kappa shape index (κ2) is 6.24. The fourth-order valence-corrected chi connectivity index (χ4v) is 4.18. The van der Waals surface area contributed by atoms with E-state index in [9.17, 15) is 4.79 Å². The molecular formula is C15H22N2O2S. The van der Waals surface area contributed by atoms with Gasteiger partial charge in [0.25, 0.3) is 0 Å². The summed E-state index contributed by atoms with van der Waals surface area (Å²) in [5, 5.41) is 8.72. The Morgan fingerprint density at radius 2 is 2.40 bits per heavy atom. The molecule has 1 aliphatic heterocycles. The number of ether oxygens (including phenoxy) is 1. The molecule has 3 atom stereocenters. The van der Waals surface area contributed by atoms with Gasteiger partial charge in [0.15, 0.2) is 0 Å². The largest absolute Gasteiger partial charge is 0.379 e. The number of carbonyl (C=O) groups excluding carboxylic acids is 1. The molecule has 0 bridgehead atoms. The Bertz CT molecular complexity index is 474. The SMILES string of the molecule is CCNC1COCC1C(=O)NC1CCCc2sccc21. The van der Waals surface area contributed by atoms with Gasteiger partial charge in [-0.25, -0.2) is 0 Å². The van der Waals surface area contributed by atoms with Gasteiger partial charge in [-0.3, -0.25) is 4.79 Å². The zero-order chi connectivity index (χ0) is 13.9. The van der Waals surface area contributed by atoms with Gasteiger partial charge in [-0.05, 0) is 42.8 Å². The molecule has 0 saturated carbocycles. The van der Waals surface area contributed by atoms with Gasteiger partial charge in [0.05, 0.1) is 25.2 Å². The molecule has 110 valence electrons. The zero-order valence-corrected chi connectivity index (χ0v) is 12.7. The smallest absolute Gasteiger partial charge is 0.227 e. The van der Waals surface area contributed by atoms with Gasteiger partial charge in [0.1, 0.15) is 0 Å². The minimum absolute atomic E-state index is 0.0565. The second-order valence-corrected chi connectivity index (χ2v) is 6.56. The molecule has 20 heavy (non-hydrogen) atoms. The van der Waals surface area contributed by atoms with Gasteiger partial charge in [-0.2, -0.15) is 0 Å². The van der Waals surface area contributed by atoms with Crippen LogP contribution >= 0.6 is 11.3 Å². The summed E-state index contributed by atoms with van der Waals surface area (Å²) >= 11 is 1.81. The van der Waals surface area contributed by atoms with Crippen LogP contribution in [0.15, 0.2) is 11.4 Å². The number of hydrogen-bond acceptors (Lipinski definition) is 4. The molecule has 4 nitrogen and oxygen atoms in total. The highest BCUT2D eigenvalue weighted by Gasteiger charge is 2.35. The zero-order valence-electron chi connectivity index (χ0n) is 11.9. The standard InChI is InChI=1S/C15H22N2O2S/c1-2-16-13-9-19-8-11(13)15(18)17-12-4-3-5-14-10(12)6-7-20-14/h6-7,11-13,16H,2-5,8-9H2,1H3,(H,17,18). The van der Waals surface area contributed by atoms with Crippen molar-refractivity contribution in [1.29, 1.82) is 0 Å². The van der Waals surface area contributed by atoms with Crippen molar-refractivity contribution in [2.75, 3.05) is 19.8 Å². The maximum absolute atomic E-state index is 12.5. The lowest BCUT2D eigenvalue weighted by Gasteiger charge is -2.26. The average Bonchev–Trinajstić information content (AvgIpc) is 3.07. The fourth-order valence-electron chi connectivity index (χ4n) is 3.19. The summed E-state index contributed by atoms with van der Waals surface area (Å²) < 4.78 is 5.47. The summed E-state index contributed by atoms with van der Waals surface area (Å²) in [7, 11) is 0. The molecular weight excluding hydrogens is 272 g/mol. The van der Waals surface area contributed by atoms with Gasteiger partial charge < -0.3 is 15.4 Å². The molecule has 2 heterocycles. The normalized spacial score (nSPS) is 29.1. The Kier molecular flexibility index (Phi) is 4.38. The third kappa shape index (κ3) is 2.75. The van der Waals surface area contributed by atoms with Crippen LogP contribution in [0.2, 0.25) is 0 Å². The maximum atomic E-state index is 12.5. The lowest BCUT2D eigenvalue weighted by Crippen LogP contribution is -2.45. The van der Waals surface area contributed by atoms with Crippen LogP contribution in [0.3, 0.4) is 0 Å². The summed E-state index contributed by atoms with van der Waals surface area (Å²) in [5.74, 6) is 0.0801. The van der Waals surface area contributed by atoms with Crippen molar-refractivity contribution in [3.05, 3.63) is 21.9 Å². The number of hydrogen-bond donors (Lipinski definition) is 2. The highest BCUT2D eigenvalue weighted by atomic mass is 32.1. The van der Waals surface area contributed by atoms with E-state index in [1.54, 1.807) is 0 Å². The number of carbonyl (C=O) groups is 1. The molecule has 1 aromatic heterocycles. The molecule has 3 rings (SSSR count). The molecule has 2 N–H and O–H groups in total. The summed E-state index contributed by atoms with van der Waals surface area (Å²) in [6.07, 6.45) is 3.37. The minimum atomic E-state index is -0.0565. The van der Waals surface area contributed by atoms with Crippen LogP contribution in [0.1, 0.15) is 36.2 Å². The predicted octanol–water partition coefficient (Wildman–Crippen LogP) is 1.87.